The van der Waals surface area contributed by atoms with E-state index in [1.165, 1.54) is 22.8 Å². The van der Waals surface area contributed by atoms with Crippen molar-refractivity contribution in [1.82, 2.24) is 5.32 Å². The van der Waals surface area contributed by atoms with Gasteiger partial charge in [-0.1, -0.05) is 12.1 Å². The molecule has 0 radical (unpaired) electrons. The van der Waals surface area contributed by atoms with Gasteiger partial charge in [-0.3, -0.25) is 4.79 Å². The average Bonchev–Trinajstić information content (AvgIpc) is 3.07. The second kappa shape index (κ2) is 5.81. The number of hydrogen-bond acceptors (Lipinski definition) is 4. The Morgan fingerprint density at radius 3 is 2.91 bits per heavy atom. The molecule has 22 heavy (non-hydrogen) atoms. The Morgan fingerprint density at radius 1 is 1.36 bits per heavy atom. The minimum Gasteiger partial charge on any atom is -0.508 e. The van der Waals surface area contributed by atoms with Crippen molar-refractivity contribution in [1.29, 1.82) is 0 Å². The summed E-state index contributed by atoms with van der Waals surface area (Å²) in [6, 6.07) is 6.79. The number of carboxylic acids is 1. The minimum atomic E-state index is -0.983. The van der Waals surface area contributed by atoms with Crippen LogP contribution in [0.5, 0.6) is 5.75 Å². The first-order valence-electron chi connectivity index (χ1n) is 6.95. The van der Waals surface area contributed by atoms with E-state index in [9.17, 15) is 14.7 Å². The maximum Gasteiger partial charge on any atom is 0.336 e. The van der Waals surface area contributed by atoms with Gasteiger partial charge < -0.3 is 15.5 Å². The zero-order chi connectivity index (χ0) is 15.7. The lowest BCUT2D eigenvalue weighted by molar-refractivity contribution is -0.121. The smallest absolute Gasteiger partial charge is 0.336 e. The van der Waals surface area contributed by atoms with Crippen LogP contribution in [0.2, 0.25) is 0 Å². The van der Waals surface area contributed by atoms with E-state index in [0.29, 0.717) is 0 Å². The van der Waals surface area contributed by atoms with Gasteiger partial charge in [0.1, 0.15) is 5.75 Å². The fourth-order valence-electron chi connectivity index (χ4n) is 2.77. The molecule has 0 spiro atoms. The number of phenols is 1. The topological polar surface area (TPSA) is 86.6 Å². The molecule has 0 saturated heterocycles. The molecule has 1 unspecified atom stereocenters. The number of benzene rings is 1. The van der Waals surface area contributed by atoms with E-state index >= 15 is 0 Å². The van der Waals surface area contributed by atoms with Crippen molar-refractivity contribution >= 4 is 23.2 Å². The SMILES string of the molecule is O=C(Cc1cc(C(=O)O)cs1)NC1CCc2c(O)cccc21. The van der Waals surface area contributed by atoms with Crippen LogP contribution >= 0.6 is 11.3 Å². The van der Waals surface area contributed by atoms with E-state index in [1.807, 2.05) is 6.07 Å². The van der Waals surface area contributed by atoms with Gasteiger partial charge in [0.15, 0.2) is 0 Å². The molecule has 6 heteroatoms. The van der Waals surface area contributed by atoms with Crippen molar-refractivity contribution in [3.8, 4) is 5.75 Å². The number of aromatic carboxylic acids is 1. The van der Waals surface area contributed by atoms with Gasteiger partial charge in [0.05, 0.1) is 18.0 Å². The van der Waals surface area contributed by atoms with Crippen LogP contribution in [-0.2, 0) is 17.6 Å². The predicted octanol–water partition coefficient (Wildman–Crippen LogP) is 2.50. The first-order chi connectivity index (χ1) is 10.5. The highest BCUT2D eigenvalue weighted by molar-refractivity contribution is 7.10. The van der Waals surface area contributed by atoms with Crippen molar-refractivity contribution < 1.29 is 19.8 Å². The van der Waals surface area contributed by atoms with Crippen LogP contribution in [0.15, 0.2) is 29.6 Å². The van der Waals surface area contributed by atoms with Gasteiger partial charge >= 0.3 is 5.97 Å². The normalized spacial score (nSPS) is 16.3. The lowest BCUT2D eigenvalue weighted by Crippen LogP contribution is -2.28. The summed E-state index contributed by atoms with van der Waals surface area (Å²) in [6.45, 7) is 0. The molecule has 1 amide bonds. The molecule has 1 heterocycles. The highest BCUT2D eigenvalue weighted by Crippen LogP contribution is 2.36. The second-order valence-corrected chi connectivity index (χ2v) is 6.28. The van der Waals surface area contributed by atoms with Crippen LogP contribution in [0.3, 0.4) is 0 Å². The molecule has 1 atom stereocenters. The molecule has 0 bridgehead atoms. The number of fused-ring (bicyclic) bond motifs is 1. The van der Waals surface area contributed by atoms with Gasteiger partial charge in [-0.05, 0) is 36.1 Å². The maximum absolute atomic E-state index is 12.1. The number of thiophene rings is 1. The lowest BCUT2D eigenvalue weighted by atomic mass is 10.1. The molecule has 2 aromatic rings. The number of amides is 1. The van der Waals surface area contributed by atoms with E-state index in [4.69, 9.17) is 5.11 Å². The van der Waals surface area contributed by atoms with Gasteiger partial charge in [-0.2, -0.15) is 0 Å². The fourth-order valence-corrected chi connectivity index (χ4v) is 3.63. The zero-order valence-electron chi connectivity index (χ0n) is 11.7. The Morgan fingerprint density at radius 2 is 2.18 bits per heavy atom. The fraction of sp³-hybridized carbons (Fsp3) is 0.250. The Hall–Kier alpha value is -2.34. The Bertz CT molecular complexity index is 737. The molecule has 1 aliphatic carbocycles. The number of carboxylic acid groups (broad SMARTS) is 1. The number of hydrogen-bond donors (Lipinski definition) is 3. The average molecular weight is 317 g/mol. The van der Waals surface area contributed by atoms with E-state index in [-0.39, 0.29) is 29.7 Å². The summed E-state index contributed by atoms with van der Waals surface area (Å²) in [5, 5.41) is 23.2. The van der Waals surface area contributed by atoms with E-state index in [2.05, 4.69) is 5.32 Å². The van der Waals surface area contributed by atoms with E-state index in [0.717, 1.165) is 28.8 Å². The monoisotopic (exact) mass is 317 g/mol. The van der Waals surface area contributed by atoms with Crippen LogP contribution < -0.4 is 5.32 Å². The molecular formula is C16H15NO4S. The van der Waals surface area contributed by atoms with Crippen molar-refractivity contribution in [3.63, 3.8) is 0 Å². The predicted molar refractivity (Wildman–Crippen MR) is 82.3 cm³/mol. The van der Waals surface area contributed by atoms with Crippen LogP contribution in [0.4, 0.5) is 0 Å². The minimum absolute atomic E-state index is 0.0893. The lowest BCUT2D eigenvalue weighted by Gasteiger charge is -2.14. The Labute approximate surface area is 131 Å². The van der Waals surface area contributed by atoms with E-state index < -0.39 is 5.97 Å². The van der Waals surface area contributed by atoms with Crippen LogP contribution in [0.1, 0.15) is 38.8 Å². The summed E-state index contributed by atoms with van der Waals surface area (Å²) in [6.07, 6.45) is 1.68. The number of rotatable bonds is 4. The van der Waals surface area contributed by atoms with E-state index in [1.54, 1.807) is 12.1 Å². The number of nitrogens with one attached hydrogen (secondary N) is 1. The Kier molecular flexibility index (Phi) is 3.85. The molecule has 0 saturated carbocycles. The largest absolute Gasteiger partial charge is 0.508 e. The Balaban J connectivity index is 1.66. The van der Waals surface area contributed by atoms with Gasteiger partial charge in [0.25, 0.3) is 0 Å². The molecule has 5 nitrogen and oxygen atoms in total. The highest BCUT2D eigenvalue weighted by atomic mass is 32.1. The standard InChI is InChI=1S/C16H15NO4S/c18-14-3-1-2-11-12(14)4-5-13(11)17-15(19)7-10-6-9(8-22-10)16(20)21/h1-3,6,8,13,18H,4-5,7H2,(H,17,19)(H,20,21). The third kappa shape index (κ3) is 2.82. The molecule has 1 aromatic heterocycles. The first-order valence-corrected chi connectivity index (χ1v) is 7.83. The molecule has 3 N–H and O–H groups in total. The van der Waals surface area contributed by atoms with Crippen molar-refractivity contribution in [2.24, 2.45) is 0 Å². The number of carbonyl (C=O) groups excluding carboxylic acids is 1. The first kappa shape index (κ1) is 14.6. The highest BCUT2D eigenvalue weighted by Gasteiger charge is 2.26. The van der Waals surface area contributed by atoms with Crippen molar-refractivity contribution in [2.75, 3.05) is 0 Å². The molecule has 3 rings (SSSR count). The van der Waals surface area contributed by atoms with Crippen LogP contribution in [-0.4, -0.2) is 22.1 Å². The van der Waals surface area contributed by atoms with Gasteiger partial charge in [0.2, 0.25) is 5.91 Å². The van der Waals surface area contributed by atoms with Crippen LogP contribution in [0, 0.1) is 0 Å². The summed E-state index contributed by atoms with van der Waals surface area (Å²) in [5.41, 5.74) is 2.08. The number of aromatic hydroxyl groups is 1. The summed E-state index contributed by atoms with van der Waals surface area (Å²) in [5.74, 6) is -0.846. The molecule has 0 fully saturated rings. The summed E-state index contributed by atoms with van der Waals surface area (Å²) >= 11 is 1.27. The molecule has 0 aliphatic heterocycles. The molecular weight excluding hydrogens is 302 g/mol. The van der Waals surface area contributed by atoms with Crippen molar-refractivity contribution in [3.05, 3.63) is 51.2 Å². The zero-order valence-corrected chi connectivity index (χ0v) is 12.5. The quantitative estimate of drug-likeness (QED) is 0.808. The second-order valence-electron chi connectivity index (χ2n) is 5.29. The molecule has 1 aromatic carbocycles. The summed E-state index contributed by atoms with van der Waals surface area (Å²) in [4.78, 5) is 23.7. The van der Waals surface area contributed by atoms with Crippen LogP contribution in [0.25, 0.3) is 0 Å². The van der Waals surface area contributed by atoms with Crippen molar-refractivity contribution in [2.45, 2.75) is 25.3 Å². The number of carbonyl (C=O) groups is 2. The summed E-state index contributed by atoms with van der Waals surface area (Å²) in [7, 11) is 0. The maximum atomic E-state index is 12.1. The third-order valence-corrected chi connectivity index (χ3v) is 4.75. The van der Waals surface area contributed by atoms with Gasteiger partial charge in [-0.25, -0.2) is 4.79 Å². The summed E-state index contributed by atoms with van der Waals surface area (Å²) < 4.78 is 0. The molecule has 1 aliphatic rings. The molecule has 114 valence electrons. The van der Waals surface area contributed by atoms with Gasteiger partial charge in [0, 0.05) is 10.3 Å². The van der Waals surface area contributed by atoms with Gasteiger partial charge in [-0.15, -0.1) is 11.3 Å². The third-order valence-electron chi connectivity index (χ3n) is 3.82. The number of phenolic OH excluding ortho intramolecular Hbond substituents is 1.